The van der Waals surface area contributed by atoms with Crippen LogP contribution in [0.3, 0.4) is 0 Å². The van der Waals surface area contributed by atoms with Crippen molar-refractivity contribution in [1.82, 2.24) is 20.1 Å². The Morgan fingerprint density at radius 1 is 1.30 bits per heavy atom. The summed E-state index contributed by atoms with van der Waals surface area (Å²) in [5.74, 6) is -0.758. The summed E-state index contributed by atoms with van der Waals surface area (Å²) in [6, 6.07) is 11.3. The van der Waals surface area contributed by atoms with Gasteiger partial charge in [-0.05, 0) is 25.8 Å². The van der Waals surface area contributed by atoms with E-state index in [0.717, 1.165) is 25.0 Å². The van der Waals surface area contributed by atoms with Crippen LogP contribution in [0, 0.1) is 0 Å². The van der Waals surface area contributed by atoms with Gasteiger partial charge in [0, 0.05) is 24.1 Å². The third-order valence-corrected chi connectivity index (χ3v) is 5.50. The highest BCUT2D eigenvalue weighted by molar-refractivity contribution is 7.12. The van der Waals surface area contributed by atoms with Gasteiger partial charge in [-0.2, -0.15) is 5.10 Å². The van der Waals surface area contributed by atoms with Gasteiger partial charge in [0.05, 0.1) is 18.4 Å². The van der Waals surface area contributed by atoms with Crippen LogP contribution in [0.5, 0.6) is 0 Å². The van der Waals surface area contributed by atoms with Crippen LogP contribution in [0.4, 0.5) is 0 Å². The lowest BCUT2D eigenvalue weighted by atomic mass is 10.1. The minimum absolute atomic E-state index is 0.0516. The van der Waals surface area contributed by atoms with Gasteiger partial charge in [0.1, 0.15) is 0 Å². The second-order valence-corrected chi connectivity index (χ2v) is 7.61. The predicted octanol–water partition coefficient (Wildman–Crippen LogP) is 3.08. The largest absolute Gasteiger partial charge is 0.461 e. The first-order valence-corrected chi connectivity index (χ1v) is 10.7. The van der Waals surface area contributed by atoms with Gasteiger partial charge >= 0.3 is 5.97 Å². The Kier molecular flexibility index (Phi) is 6.20. The molecule has 0 spiro atoms. The molecule has 1 aliphatic heterocycles. The molecule has 2 aromatic heterocycles. The number of ether oxygens (including phenoxy) is 2. The van der Waals surface area contributed by atoms with Crippen LogP contribution in [-0.2, 0) is 9.47 Å². The zero-order valence-electron chi connectivity index (χ0n) is 16.5. The molecule has 4 rings (SSSR count). The minimum atomic E-state index is -0.483. The van der Waals surface area contributed by atoms with Crippen LogP contribution in [-0.4, -0.2) is 52.5 Å². The monoisotopic (exact) mass is 426 g/mol. The third kappa shape index (κ3) is 4.42. The summed E-state index contributed by atoms with van der Waals surface area (Å²) in [6.45, 7) is 3.21. The summed E-state index contributed by atoms with van der Waals surface area (Å²) in [7, 11) is 0. The van der Waals surface area contributed by atoms with Crippen molar-refractivity contribution < 1.29 is 19.1 Å². The topological polar surface area (TPSA) is 95.3 Å². The van der Waals surface area contributed by atoms with Crippen LogP contribution in [0.1, 0.15) is 40.7 Å². The highest BCUT2D eigenvalue weighted by Gasteiger charge is 2.22. The Morgan fingerprint density at radius 2 is 2.13 bits per heavy atom. The van der Waals surface area contributed by atoms with E-state index in [1.165, 1.54) is 11.3 Å². The molecular weight excluding hydrogens is 404 g/mol. The molecule has 30 heavy (non-hydrogen) atoms. The van der Waals surface area contributed by atoms with Crippen molar-refractivity contribution in [3.63, 3.8) is 0 Å². The average Bonchev–Trinajstić information content (AvgIpc) is 3.53. The van der Waals surface area contributed by atoms with Crippen molar-refractivity contribution in [2.24, 2.45) is 0 Å². The van der Waals surface area contributed by atoms with E-state index >= 15 is 0 Å². The maximum absolute atomic E-state index is 12.7. The number of carbonyl (C=O) groups excluding carboxylic acids is 2. The Labute approximate surface area is 177 Å². The van der Waals surface area contributed by atoms with E-state index in [1.807, 2.05) is 30.3 Å². The lowest BCUT2D eigenvalue weighted by Crippen LogP contribution is -2.32. The number of benzene rings is 1. The van der Waals surface area contributed by atoms with E-state index in [2.05, 4.69) is 15.4 Å². The van der Waals surface area contributed by atoms with Crippen molar-refractivity contribution in [2.45, 2.75) is 25.9 Å². The van der Waals surface area contributed by atoms with Gasteiger partial charge in [-0.15, -0.1) is 11.3 Å². The number of hydrogen-bond acceptors (Lipinski definition) is 7. The molecule has 3 aromatic rings. The number of carbonyl (C=O) groups is 2. The Balaban J connectivity index is 1.63. The molecule has 1 atom stereocenters. The van der Waals surface area contributed by atoms with Crippen LogP contribution in [0.15, 0.2) is 41.8 Å². The molecule has 8 nitrogen and oxygen atoms in total. The number of aromatic nitrogens is 3. The molecular formula is C21H22N4O4S. The van der Waals surface area contributed by atoms with Crippen LogP contribution in [0.25, 0.3) is 16.4 Å². The number of hydrogen-bond donors (Lipinski definition) is 1. The average molecular weight is 426 g/mol. The summed E-state index contributed by atoms with van der Waals surface area (Å²) in [5.41, 5.74) is 2.09. The van der Waals surface area contributed by atoms with E-state index in [4.69, 9.17) is 9.47 Å². The first-order valence-electron chi connectivity index (χ1n) is 9.84. The summed E-state index contributed by atoms with van der Waals surface area (Å²) in [6.07, 6.45) is 2.01. The molecule has 1 saturated heterocycles. The molecule has 1 fully saturated rings. The molecule has 1 N–H and O–H groups in total. The molecule has 0 aliphatic carbocycles. The molecule has 1 aromatic carbocycles. The first kappa shape index (κ1) is 20.2. The van der Waals surface area contributed by atoms with E-state index in [1.54, 1.807) is 23.1 Å². The Hall–Kier alpha value is -3.04. The van der Waals surface area contributed by atoms with Crippen molar-refractivity contribution in [3.8, 4) is 16.4 Å². The SMILES string of the molecule is CCOC(=O)c1csc(-n2nc(C(=O)NCC3CCCO3)cc2-c2ccccc2)n1. The summed E-state index contributed by atoms with van der Waals surface area (Å²) in [5, 5.41) is 9.48. The lowest BCUT2D eigenvalue weighted by Gasteiger charge is -2.09. The fourth-order valence-electron chi connectivity index (χ4n) is 3.22. The second-order valence-electron chi connectivity index (χ2n) is 6.77. The second kappa shape index (κ2) is 9.19. The lowest BCUT2D eigenvalue weighted by molar-refractivity contribution is 0.0520. The van der Waals surface area contributed by atoms with Crippen LogP contribution >= 0.6 is 11.3 Å². The van der Waals surface area contributed by atoms with E-state index in [-0.39, 0.29) is 30.0 Å². The Bertz CT molecular complexity index is 1020. The zero-order chi connectivity index (χ0) is 20.9. The number of amides is 1. The number of rotatable bonds is 7. The van der Waals surface area contributed by atoms with Gasteiger partial charge < -0.3 is 14.8 Å². The van der Waals surface area contributed by atoms with Gasteiger partial charge in [-0.3, -0.25) is 4.79 Å². The van der Waals surface area contributed by atoms with Gasteiger partial charge in [0.2, 0.25) is 5.13 Å². The van der Waals surface area contributed by atoms with Gasteiger partial charge in [0.25, 0.3) is 5.91 Å². The number of nitrogens with zero attached hydrogens (tertiary/aromatic N) is 3. The standard InChI is InChI=1S/C21H22N4O4S/c1-2-28-20(27)17-13-30-21(23-17)25-18(14-7-4-3-5-8-14)11-16(24-25)19(26)22-12-15-9-6-10-29-15/h3-5,7-8,11,13,15H,2,6,9-10,12H2,1H3,(H,22,26). The van der Waals surface area contributed by atoms with Crippen molar-refractivity contribution in [3.05, 3.63) is 53.2 Å². The van der Waals surface area contributed by atoms with Crippen molar-refractivity contribution in [2.75, 3.05) is 19.8 Å². The smallest absolute Gasteiger partial charge is 0.357 e. The van der Waals surface area contributed by atoms with Crippen molar-refractivity contribution >= 4 is 23.2 Å². The predicted molar refractivity (Wildman–Crippen MR) is 112 cm³/mol. The molecule has 1 aliphatic rings. The van der Waals surface area contributed by atoms with Gasteiger partial charge in [-0.25, -0.2) is 14.5 Å². The maximum Gasteiger partial charge on any atom is 0.357 e. The Morgan fingerprint density at radius 3 is 2.87 bits per heavy atom. The van der Waals surface area contributed by atoms with E-state index in [0.29, 0.717) is 17.4 Å². The number of thiazole rings is 1. The fourth-order valence-corrected chi connectivity index (χ4v) is 3.97. The zero-order valence-corrected chi connectivity index (χ0v) is 17.4. The quantitative estimate of drug-likeness (QED) is 0.584. The summed E-state index contributed by atoms with van der Waals surface area (Å²) in [4.78, 5) is 29.0. The fraction of sp³-hybridized carbons (Fsp3) is 0.333. The highest BCUT2D eigenvalue weighted by Crippen LogP contribution is 2.26. The number of esters is 1. The molecule has 0 radical (unpaired) electrons. The van der Waals surface area contributed by atoms with Gasteiger partial charge in [0.15, 0.2) is 11.4 Å². The molecule has 9 heteroatoms. The van der Waals surface area contributed by atoms with Crippen molar-refractivity contribution in [1.29, 1.82) is 0 Å². The third-order valence-electron chi connectivity index (χ3n) is 4.68. The van der Waals surface area contributed by atoms with Gasteiger partial charge in [-0.1, -0.05) is 30.3 Å². The van der Waals surface area contributed by atoms with E-state index < -0.39 is 5.97 Å². The maximum atomic E-state index is 12.7. The normalized spacial score (nSPS) is 15.8. The molecule has 1 amide bonds. The molecule has 3 heterocycles. The molecule has 156 valence electrons. The molecule has 1 unspecified atom stereocenters. The van der Waals surface area contributed by atoms with Crippen LogP contribution < -0.4 is 5.32 Å². The summed E-state index contributed by atoms with van der Waals surface area (Å²) < 4.78 is 12.2. The number of nitrogens with one attached hydrogen (secondary N) is 1. The van der Waals surface area contributed by atoms with E-state index in [9.17, 15) is 9.59 Å². The molecule has 0 bridgehead atoms. The minimum Gasteiger partial charge on any atom is -0.461 e. The summed E-state index contributed by atoms with van der Waals surface area (Å²) >= 11 is 1.26. The molecule has 0 saturated carbocycles. The first-order chi connectivity index (χ1) is 14.7. The van der Waals surface area contributed by atoms with Crippen LogP contribution in [0.2, 0.25) is 0 Å². The highest BCUT2D eigenvalue weighted by atomic mass is 32.1.